The van der Waals surface area contributed by atoms with Crippen LogP contribution >= 0.6 is 11.6 Å². The third kappa shape index (κ3) is 1.95. The average molecular weight is 170 g/mol. The zero-order valence-corrected chi connectivity index (χ0v) is 6.60. The maximum Gasteiger partial charge on any atom is 0.119 e. The molecule has 0 amide bonds. The van der Waals surface area contributed by atoms with E-state index in [1.54, 1.807) is 12.1 Å². The molecule has 0 heterocycles. The highest BCUT2D eigenvalue weighted by Crippen LogP contribution is 2.20. The molecule has 1 rings (SSSR count). The number of nitrogens with one attached hydrogen (secondary N) is 1. The largest absolute Gasteiger partial charge is 0.508 e. The van der Waals surface area contributed by atoms with Crippen LogP contribution in [-0.4, -0.2) is 11.3 Å². The lowest BCUT2D eigenvalue weighted by atomic mass is 10.1. The molecule has 2 N–H and O–H groups in total. The Morgan fingerprint density at radius 3 is 2.91 bits per heavy atom. The summed E-state index contributed by atoms with van der Waals surface area (Å²) in [4.78, 5) is 0. The Morgan fingerprint density at radius 2 is 2.27 bits per heavy atom. The lowest BCUT2D eigenvalue weighted by Crippen LogP contribution is -1.85. The van der Waals surface area contributed by atoms with Crippen LogP contribution < -0.4 is 0 Å². The third-order valence-corrected chi connectivity index (χ3v) is 1.60. The van der Waals surface area contributed by atoms with Gasteiger partial charge in [-0.2, -0.15) is 0 Å². The molecule has 1 aromatic carbocycles. The quantitative estimate of drug-likeness (QED) is 0.656. The Morgan fingerprint density at radius 1 is 1.55 bits per heavy atom. The Kier molecular flexibility index (Phi) is 2.49. The first-order chi connectivity index (χ1) is 5.24. The molecule has 0 aromatic heterocycles. The van der Waals surface area contributed by atoms with Crippen LogP contribution in [0.1, 0.15) is 5.56 Å². The Bertz CT molecular complexity index is 273. The highest BCUT2D eigenvalue weighted by atomic mass is 35.5. The van der Waals surface area contributed by atoms with Gasteiger partial charge in [-0.15, -0.1) is 0 Å². The van der Waals surface area contributed by atoms with E-state index in [9.17, 15) is 5.11 Å². The summed E-state index contributed by atoms with van der Waals surface area (Å²) < 4.78 is 0. The third-order valence-electron chi connectivity index (χ3n) is 1.36. The molecule has 0 saturated heterocycles. The summed E-state index contributed by atoms with van der Waals surface area (Å²) in [6.07, 6.45) is 1.65. The Hall–Kier alpha value is -1.02. The minimum absolute atomic E-state index is 0.193. The van der Waals surface area contributed by atoms with Crippen LogP contribution in [0.15, 0.2) is 18.2 Å². The number of hydrogen-bond donors (Lipinski definition) is 2. The maximum absolute atomic E-state index is 9.20. The van der Waals surface area contributed by atoms with E-state index in [1.165, 1.54) is 12.3 Å². The minimum atomic E-state index is 0.193. The Balaban J connectivity index is 3.01. The molecule has 0 radical (unpaired) electrons. The number of aromatic hydroxyl groups is 1. The van der Waals surface area contributed by atoms with Crippen molar-refractivity contribution >= 4 is 17.8 Å². The van der Waals surface area contributed by atoms with Crippen molar-refractivity contribution in [3.63, 3.8) is 0 Å². The predicted molar refractivity (Wildman–Crippen MR) is 45.6 cm³/mol. The van der Waals surface area contributed by atoms with E-state index in [0.29, 0.717) is 17.0 Å². The van der Waals surface area contributed by atoms with E-state index in [0.717, 1.165) is 0 Å². The van der Waals surface area contributed by atoms with Gasteiger partial charge in [0.1, 0.15) is 5.75 Å². The summed E-state index contributed by atoms with van der Waals surface area (Å²) >= 11 is 5.67. The number of hydrogen-bond acceptors (Lipinski definition) is 2. The number of benzene rings is 1. The van der Waals surface area contributed by atoms with Gasteiger partial charge in [0.05, 0.1) is 0 Å². The SMILES string of the molecule is N=CCc1cc(Cl)ccc1O. The van der Waals surface area contributed by atoms with Gasteiger partial charge in [-0.1, -0.05) is 11.6 Å². The van der Waals surface area contributed by atoms with Crippen LogP contribution in [-0.2, 0) is 6.42 Å². The maximum atomic E-state index is 9.20. The summed E-state index contributed by atoms with van der Waals surface area (Å²) in [6, 6.07) is 4.80. The predicted octanol–water partition coefficient (Wildman–Crippen LogP) is 2.24. The lowest BCUT2D eigenvalue weighted by molar-refractivity contribution is 0.470. The molecule has 0 atom stereocenters. The summed E-state index contributed by atoms with van der Waals surface area (Å²) in [7, 11) is 0. The van der Waals surface area contributed by atoms with Crippen LogP contribution in [0.25, 0.3) is 0 Å². The second kappa shape index (κ2) is 3.39. The second-order valence-electron chi connectivity index (χ2n) is 2.18. The molecule has 0 unspecified atom stereocenters. The van der Waals surface area contributed by atoms with Gasteiger partial charge in [0.2, 0.25) is 0 Å². The smallest absolute Gasteiger partial charge is 0.119 e. The van der Waals surface area contributed by atoms with Crippen molar-refractivity contribution in [1.82, 2.24) is 0 Å². The van der Waals surface area contributed by atoms with Gasteiger partial charge in [-0.3, -0.25) is 0 Å². The molecule has 58 valence electrons. The fourth-order valence-electron chi connectivity index (χ4n) is 0.828. The number of rotatable bonds is 2. The normalized spacial score (nSPS) is 9.55. The molecule has 11 heavy (non-hydrogen) atoms. The van der Waals surface area contributed by atoms with Crippen LogP contribution in [0, 0.1) is 5.41 Å². The topological polar surface area (TPSA) is 44.1 Å². The molecule has 0 saturated carbocycles. The van der Waals surface area contributed by atoms with Crippen LogP contribution in [0.3, 0.4) is 0 Å². The average Bonchev–Trinajstić information content (AvgIpc) is 1.98. The summed E-state index contributed by atoms with van der Waals surface area (Å²) in [5.74, 6) is 0.193. The zero-order chi connectivity index (χ0) is 8.27. The van der Waals surface area contributed by atoms with Crippen molar-refractivity contribution in [2.75, 3.05) is 0 Å². The molecular weight excluding hydrogens is 162 g/mol. The molecule has 0 bridgehead atoms. The number of phenols is 1. The number of phenolic OH excluding ortho intramolecular Hbond substituents is 1. The van der Waals surface area contributed by atoms with Crippen LogP contribution in [0.2, 0.25) is 5.02 Å². The van der Waals surface area contributed by atoms with Crippen molar-refractivity contribution in [1.29, 1.82) is 5.41 Å². The van der Waals surface area contributed by atoms with Crippen LogP contribution in [0.4, 0.5) is 0 Å². The molecule has 0 fully saturated rings. The van der Waals surface area contributed by atoms with E-state index >= 15 is 0 Å². The zero-order valence-electron chi connectivity index (χ0n) is 5.84. The first-order valence-corrected chi connectivity index (χ1v) is 3.58. The van der Waals surface area contributed by atoms with Crippen molar-refractivity contribution in [2.24, 2.45) is 0 Å². The summed E-state index contributed by atoms with van der Waals surface area (Å²) in [5.41, 5.74) is 0.688. The van der Waals surface area contributed by atoms with E-state index in [1.807, 2.05) is 0 Å². The highest BCUT2D eigenvalue weighted by Gasteiger charge is 1.98. The molecule has 0 aliphatic heterocycles. The van der Waals surface area contributed by atoms with Crippen LogP contribution in [0.5, 0.6) is 5.75 Å². The fraction of sp³-hybridized carbons (Fsp3) is 0.125. The van der Waals surface area contributed by atoms with Gasteiger partial charge < -0.3 is 10.5 Å². The molecule has 0 aliphatic carbocycles. The van der Waals surface area contributed by atoms with Gasteiger partial charge in [-0.05, 0) is 24.4 Å². The first kappa shape index (κ1) is 8.08. The van der Waals surface area contributed by atoms with E-state index in [4.69, 9.17) is 17.0 Å². The van der Waals surface area contributed by atoms with Crippen molar-refractivity contribution in [3.05, 3.63) is 28.8 Å². The van der Waals surface area contributed by atoms with Crippen molar-refractivity contribution < 1.29 is 5.11 Å². The first-order valence-electron chi connectivity index (χ1n) is 3.20. The molecule has 1 aromatic rings. The minimum Gasteiger partial charge on any atom is -0.508 e. The molecule has 3 heteroatoms. The van der Waals surface area contributed by atoms with Gasteiger partial charge in [0.25, 0.3) is 0 Å². The summed E-state index contributed by atoms with van der Waals surface area (Å²) in [5, 5.41) is 16.6. The van der Waals surface area contributed by atoms with E-state index < -0.39 is 0 Å². The molecule has 2 nitrogen and oxygen atoms in total. The Labute approximate surface area is 69.9 Å². The number of halogens is 1. The standard InChI is InChI=1S/C8H8ClNO/c9-7-1-2-8(11)6(5-7)3-4-10/h1-2,4-5,10-11H,3H2. The summed E-state index contributed by atoms with van der Waals surface area (Å²) in [6.45, 7) is 0. The van der Waals surface area contributed by atoms with E-state index in [-0.39, 0.29) is 5.75 Å². The van der Waals surface area contributed by atoms with Gasteiger partial charge in [0, 0.05) is 17.0 Å². The lowest BCUT2D eigenvalue weighted by Gasteiger charge is -1.99. The van der Waals surface area contributed by atoms with Gasteiger partial charge >= 0.3 is 0 Å². The molecule has 0 spiro atoms. The van der Waals surface area contributed by atoms with Crippen molar-refractivity contribution in [3.8, 4) is 5.75 Å². The second-order valence-corrected chi connectivity index (χ2v) is 2.62. The molecular formula is C8H8ClNO. The highest BCUT2D eigenvalue weighted by molar-refractivity contribution is 6.30. The molecule has 0 aliphatic rings. The monoisotopic (exact) mass is 169 g/mol. The van der Waals surface area contributed by atoms with Crippen molar-refractivity contribution in [2.45, 2.75) is 6.42 Å². The van der Waals surface area contributed by atoms with Gasteiger partial charge in [0.15, 0.2) is 0 Å². The van der Waals surface area contributed by atoms with E-state index in [2.05, 4.69) is 0 Å². The fourth-order valence-corrected chi connectivity index (χ4v) is 1.02. The van der Waals surface area contributed by atoms with Gasteiger partial charge in [-0.25, -0.2) is 0 Å².